The van der Waals surface area contributed by atoms with Crippen molar-refractivity contribution in [1.82, 2.24) is 0 Å². The molecule has 2 rings (SSSR count). The average Bonchev–Trinajstić information content (AvgIpc) is 2.88. The second kappa shape index (κ2) is 11.8. The quantitative estimate of drug-likeness (QED) is 0.0983. The minimum atomic E-state index is -7.91. The molecule has 0 saturated carbocycles. The summed E-state index contributed by atoms with van der Waals surface area (Å²) < 4.78 is 186. The van der Waals surface area contributed by atoms with Gasteiger partial charge in [-0.05, 0) is 61.4 Å². The molecule has 0 bridgehead atoms. The van der Waals surface area contributed by atoms with Gasteiger partial charge in [0.2, 0.25) is 0 Å². The molecule has 2 aromatic carbocycles. The van der Waals surface area contributed by atoms with Crippen LogP contribution in [0.25, 0.3) is 0 Å². The fourth-order valence-corrected chi connectivity index (χ4v) is 3.10. The zero-order chi connectivity index (χ0) is 31.5. The van der Waals surface area contributed by atoms with E-state index in [0.717, 1.165) is 0 Å². The Morgan fingerprint density at radius 2 is 1.07 bits per heavy atom. The Balaban J connectivity index is 1.92. The maximum Gasteiger partial charge on any atom is 0.460 e. The van der Waals surface area contributed by atoms with Crippen LogP contribution in [0.3, 0.4) is 0 Å². The lowest BCUT2D eigenvalue weighted by Crippen LogP contribution is -2.70. The normalized spacial score (nSPS) is 13.6. The fraction of sp³-hybridized carbons (Fsp3) is 0.458. The van der Waals surface area contributed by atoms with Crippen LogP contribution in [0.4, 0.5) is 57.1 Å². The van der Waals surface area contributed by atoms with Gasteiger partial charge in [0.15, 0.2) is 0 Å². The van der Waals surface area contributed by atoms with Gasteiger partial charge in [0.05, 0.1) is 19.3 Å². The number of carbonyl (C=O) groups excluding carboxylic acids is 1. The van der Waals surface area contributed by atoms with E-state index in [-0.39, 0.29) is 17.1 Å². The van der Waals surface area contributed by atoms with E-state index in [1.807, 2.05) is 0 Å². The van der Waals surface area contributed by atoms with Gasteiger partial charge >= 0.3 is 41.8 Å². The van der Waals surface area contributed by atoms with Crippen LogP contribution in [0.1, 0.15) is 29.6 Å². The van der Waals surface area contributed by atoms with Gasteiger partial charge in [0.1, 0.15) is 17.2 Å². The van der Waals surface area contributed by atoms with E-state index in [1.165, 1.54) is 55.6 Å². The average molecular weight is 618 g/mol. The van der Waals surface area contributed by atoms with E-state index in [9.17, 15) is 61.9 Å². The van der Waals surface area contributed by atoms with Crippen molar-refractivity contribution >= 4 is 5.97 Å². The van der Waals surface area contributed by atoms with Gasteiger partial charge in [-0.15, -0.1) is 0 Å². The molecular weight excluding hydrogens is 599 g/mol. The number of ether oxygens (including phenoxy) is 3. The number of hydrogen-bond acceptors (Lipinski definition) is 4. The molecule has 0 fully saturated rings. The number of benzene rings is 2. The number of halogens is 13. The van der Waals surface area contributed by atoms with Crippen LogP contribution in [0.15, 0.2) is 48.5 Å². The molecule has 4 nitrogen and oxygen atoms in total. The molecule has 0 N–H and O–H groups in total. The summed E-state index contributed by atoms with van der Waals surface area (Å²) in [5, 5.41) is 0. The first-order valence-corrected chi connectivity index (χ1v) is 11.2. The summed E-state index contributed by atoms with van der Waals surface area (Å²) in [7, 11) is 1.42. The van der Waals surface area contributed by atoms with E-state index in [4.69, 9.17) is 14.2 Å². The molecule has 0 unspecified atom stereocenters. The number of methoxy groups -OCH3 is 1. The standard InChI is InChI=1S/C24H19F13O4/c1-39-15-6-4-14(5-7-15)18(38)41-17-10-8-16(9-11-17)40-13-3-2-12-19(25,26)20(27,28)21(29,30)22(31,32)23(33,34)24(35,36)37/h4-11H,2-3,12-13H2,1H3. The number of hydrogen-bond donors (Lipinski definition) is 0. The van der Waals surface area contributed by atoms with Gasteiger partial charge in [0.25, 0.3) is 0 Å². The molecule has 0 aliphatic carbocycles. The number of esters is 1. The Morgan fingerprint density at radius 3 is 1.56 bits per heavy atom. The molecule has 0 atom stereocenters. The Hall–Kier alpha value is -3.40. The predicted molar refractivity (Wildman–Crippen MR) is 115 cm³/mol. The van der Waals surface area contributed by atoms with Crippen molar-refractivity contribution in [2.24, 2.45) is 0 Å². The highest BCUT2D eigenvalue weighted by Crippen LogP contribution is 2.60. The summed E-state index contributed by atoms with van der Waals surface area (Å²) in [6.45, 7) is -0.522. The number of alkyl halides is 13. The molecule has 0 radical (unpaired) electrons. The van der Waals surface area contributed by atoms with Crippen molar-refractivity contribution in [3.05, 3.63) is 54.1 Å². The molecule has 0 heterocycles. The van der Waals surface area contributed by atoms with Crippen molar-refractivity contribution in [3.8, 4) is 17.2 Å². The minimum Gasteiger partial charge on any atom is -0.497 e. The lowest BCUT2D eigenvalue weighted by atomic mass is 9.92. The van der Waals surface area contributed by atoms with Crippen LogP contribution >= 0.6 is 0 Å². The maximum absolute atomic E-state index is 13.8. The predicted octanol–water partition coefficient (Wildman–Crippen LogP) is 8.20. The zero-order valence-electron chi connectivity index (χ0n) is 20.5. The van der Waals surface area contributed by atoms with Gasteiger partial charge < -0.3 is 14.2 Å². The third-order valence-corrected chi connectivity index (χ3v) is 5.51. The summed E-state index contributed by atoms with van der Waals surface area (Å²) in [6.07, 6.45) is -11.4. The van der Waals surface area contributed by atoms with Crippen LogP contribution in [-0.2, 0) is 0 Å². The summed E-state index contributed by atoms with van der Waals surface area (Å²) in [4.78, 5) is 12.1. The van der Waals surface area contributed by atoms with Crippen LogP contribution in [0.2, 0.25) is 0 Å². The summed E-state index contributed by atoms with van der Waals surface area (Å²) in [6, 6.07) is 10.9. The molecule has 41 heavy (non-hydrogen) atoms. The van der Waals surface area contributed by atoms with E-state index in [1.54, 1.807) is 0 Å². The van der Waals surface area contributed by atoms with Crippen molar-refractivity contribution in [3.63, 3.8) is 0 Å². The number of carbonyl (C=O) groups is 1. The second-order valence-corrected chi connectivity index (χ2v) is 8.39. The summed E-state index contributed by atoms with van der Waals surface area (Å²) in [5.41, 5.74) is 0.184. The van der Waals surface area contributed by atoms with Crippen LogP contribution in [0, 0.1) is 0 Å². The number of rotatable bonds is 13. The molecule has 0 aliphatic heterocycles. The summed E-state index contributed by atoms with van der Waals surface area (Å²) >= 11 is 0. The molecule has 17 heteroatoms. The van der Waals surface area contributed by atoms with Crippen LogP contribution in [0.5, 0.6) is 17.2 Å². The monoisotopic (exact) mass is 618 g/mol. The van der Waals surface area contributed by atoms with Crippen molar-refractivity contribution in [2.45, 2.75) is 55.1 Å². The lowest BCUT2D eigenvalue weighted by molar-refractivity contribution is -0.440. The highest BCUT2D eigenvalue weighted by molar-refractivity contribution is 5.91. The molecular formula is C24H19F13O4. The first-order chi connectivity index (χ1) is 18.6. The van der Waals surface area contributed by atoms with Gasteiger partial charge in [-0.3, -0.25) is 0 Å². The largest absolute Gasteiger partial charge is 0.497 e. The van der Waals surface area contributed by atoms with Crippen LogP contribution < -0.4 is 14.2 Å². The van der Waals surface area contributed by atoms with E-state index in [0.29, 0.717) is 5.75 Å². The minimum absolute atomic E-state index is 0.0342. The van der Waals surface area contributed by atoms with E-state index >= 15 is 0 Å². The SMILES string of the molecule is COc1ccc(C(=O)Oc2ccc(OCCCCC(F)(F)C(F)(F)C(F)(F)C(F)(F)C(F)(F)C(F)(F)F)cc2)cc1. The Morgan fingerprint density at radius 1 is 0.610 bits per heavy atom. The molecule has 0 amide bonds. The van der Waals surface area contributed by atoms with Gasteiger partial charge in [-0.25, -0.2) is 4.79 Å². The summed E-state index contributed by atoms with van der Waals surface area (Å²) in [5.74, 6) is -37.0. The lowest BCUT2D eigenvalue weighted by Gasteiger charge is -2.39. The molecule has 0 spiro atoms. The first kappa shape index (κ1) is 33.8. The van der Waals surface area contributed by atoms with E-state index < -0.39 is 67.6 Å². The fourth-order valence-electron chi connectivity index (χ4n) is 3.10. The smallest absolute Gasteiger partial charge is 0.460 e. The maximum atomic E-state index is 13.8. The van der Waals surface area contributed by atoms with Gasteiger partial charge in [-0.1, -0.05) is 0 Å². The molecule has 0 aliphatic rings. The van der Waals surface area contributed by atoms with Gasteiger partial charge in [-0.2, -0.15) is 57.1 Å². The molecule has 0 aromatic heterocycles. The highest BCUT2D eigenvalue weighted by Gasteiger charge is 2.90. The first-order valence-electron chi connectivity index (χ1n) is 11.2. The molecule has 230 valence electrons. The highest BCUT2D eigenvalue weighted by atomic mass is 19.4. The van der Waals surface area contributed by atoms with Crippen molar-refractivity contribution in [2.75, 3.05) is 13.7 Å². The molecule has 2 aromatic rings. The molecule has 0 saturated heterocycles. The van der Waals surface area contributed by atoms with Crippen molar-refractivity contribution < 1.29 is 76.1 Å². The third kappa shape index (κ3) is 6.74. The van der Waals surface area contributed by atoms with Crippen LogP contribution in [-0.4, -0.2) is 55.5 Å². The third-order valence-electron chi connectivity index (χ3n) is 5.51. The number of unbranched alkanes of at least 4 members (excludes halogenated alkanes) is 1. The van der Waals surface area contributed by atoms with E-state index in [2.05, 4.69) is 0 Å². The topological polar surface area (TPSA) is 44.8 Å². The second-order valence-electron chi connectivity index (χ2n) is 8.39. The zero-order valence-corrected chi connectivity index (χ0v) is 20.5. The Bertz CT molecular complexity index is 1160. The van der Waals surface area contributed by atoms with Gasteiger partial charge in [0, 0.05) is 6.42 Å². The van der Waals surface area contributed by atoms with Crippen molar-refractivity contribution in [1.29, 1.82) is 0 Å². The Labute approximate surface area is 223 Å². The Kier molecular flexibility index (Phi) is 9.76.